The van der Waals surface area contributed by atoms with Gasteiger partial charge in [0.1, 0.15) is 11.5 Å². The van der Waals surface area contributed by atoms with Crippen molar-refractivity contribution in [3.05, 3.63) is 23.8 Å². The van der Waals surface area contributed by atoms with Crippen LogP contribution in [0.2, 0.25) is 0 Å². The third-order valence-corrected chi connectivity index (χ3v) is 2.98. The number of hydrogen-bond donors (Lipinski definition) is 5. The Morgan fingerprint density at radius 3 is 2.37 bits per heavy atom. The van der Waals surface area contributed by atoms with E-state index in [9.17, 15) is 15.0 Å². The third kappa shape index (κ3) is 3.06. The Kier molecular flexibility index (Phi) is 3.46. The highest BCUT2D eigenvalue weighted by Crippen LogP contribution is 2.33. The van der Waals surface area contributed by atoms with Crippen LogP contribution in [0.3, 0.4) is 0 Å². The monoisotopic (exact) mass is 265 g/mol. The van der Waals surface area contributed by atoms with Gasteiger partial charge in [-0.25, -0.2) is 0 Å². The Morgan fingerprint density at radius 2 is 1.89 bits per heavy atom. The lowest BCUT2D eigenvalue weighted by Gasteiger charge is -2.16. The van der Waals surface area contributed by atoms with Crippen LogP contribution in [0.25, 0.3) is 0 Å². The van der Waals surface area contributed by atoms with Crippen molar-refractivity contribution < 1.29 is 20.2 Å². The first-order valence-corrected chi connectivity index (χ1v) is 5.82. The first kappa shape index (κ1) is 13.0. The minimum Gasteiger partial charge on any atom is -0.508 e. The summed E-state index contributed by atoms with van der Waals surface area (Å²) < 4.78 is 0. The quantitative estimate of drug-likeness (QED) is 0.232. The summed E-state index contributed by atoms with van der Waals surface area (Å²) in [6.45, 7) is 0. The van der Waals surface area contributed by atoms with Gasteiger partial charge in [0.05, 0.1) is 6.04 Å². The second kappa shape index (κ2) is 5.05. The molecule has 1 unspecified atom stereocenters. The summed E-state index contributed by atoms with van der Waals surface area (Å²) in [5, 5.41) is 32.9. The zero-order chi connectivity index (χ0) is 14.0. The minimum atomic E-state index is -0.540. The van der Waals surface area contributed by atoms with Crippen molar-refractivity contribution in [1.29, 1.82) is 0 Å². The molecule has 0 saturated heterocycles. The topological polar surface area (TPSA) is 128 Å². The number of aromatic hydroxyl groups is 2. The maximum Gasteiger partial charge on any atom is 0.252 e. The summed E-state index contributed by atoms with van der Waals surface area (Å²) in [7, 11) is 0. The van der Waals surface area contributed by atoms with Crippen LogP contribution in [0.1, 0.15) is 23.2 Å². The van der Waals surface area contributed by atoms with Gasteiger partial charge in [-0.05, 0) is 30.9 Å². The molecule has 0 aromatic heterocycles. The molecule has 19 heavy (non-hydrogen) atoms. The van der Waals surface area contributed by atoms with Gasteiger partial charge in [0.15, 0.2) is 5.84 Å². The Morgan fingerprint density at radius 1 is 1.32 bits per heavy atom. The lowest BCUT2D eigenvalue weighted by molar-refractivity contribution is 0.0942. The van der Waals surface area contributed by atoms with E-state index in [0.717, 1.165) is 18.9 Å². The lowest BCUT2D eigenvalue weighted by Crippen LogP contribution is -2.46. The van der Waals surface area contributed by atoms with Crippen molar-refractivity contribution in [1.82, 2.24) is 5.32 Å². The second-order valence-electron chi connectivity index (χ2n) is 4.55. The molecule has 1 saturated carbocycles. The fourth-order valence-corrected chi connectivity index (χ4v) is 1.88. The number of hydrogen-bond acceptors (Lipinski definition) is 5. The number of benzene rings is 1. The van der Waals surface area contributed by atoms with Crippen molar-refractivity contribution in [3.8, 4) is 11.5 Å². The van der Waals surface area contributed by atoms with Gasteiger partial charge in [0, 0.05) is 11.6 Å². The van der Waals surface area contributed by atoms with Crippen LogP contribution in [0, 0.1) is 5.92 Å². The minimum absolute atomic E-state index is 0.0553. The van der Waals surface area contributed by atoms with Gasteiger partial charge in [-0.15, -0.1) is 0 Å². The number of oxime groups is 1. The molecule has 0 heterocycles. The Labute approximate surface area is 109 Å². The maximum atomic E-state index is 12.0. The summed E-state index contributed by atoms with van der Waals surface area (Å²) in [5.41, 5.74) is 5.64. The van der Waals surface area contributed by atoms with E-state index < -0.39 is 11.9 Å². The van der Waals surface area contributed by atoms with Gasteiger partial charge in [0.2, 0.25) is 0 Å². The number of phenols is 2. The number of nitrogens with zero attached hydrogens (tertiary/aromatic N) is 1. The molecule has 0 bridgehead atoms. The smallest absolute Gasteiger partial charge is 0.252 e. The van der Waals surface area contributed by atoms with Crippen molar-refractivity contribution in [3.63, 3.8) is 0 Å². The van der Waals surface area contributed by atoms with E-state index in [1.54, 1.807) is 0 Å². The molecule has 102 valence electrons. The van der Waals surface area contributed by atoms with Crippen LogP contribution in [-0.2, 0) is 0 Å². The molecular formula is C12H15N3O4. The fraction of sp³-hybridized carbons (Fsp3) is 0.333. The van der Waals surface area contributed by atoms with E-state index in [1.807, 2.05) is 0 Å². The molecule has 0 aliphatic heterocycles. The molecule has 0 radical (unpaired) electrons. The highest BCUT2D eigenvalue weighted by atomic mass is 16.4. The number of amidine groups is 1. The Bertz CT molecular complexity index is 505. The number of nitrogens with two attached hydrogens (primary N) is 1. The largest absolute Gasteiger partial charge is 0.508 e. The van der Waals surface area contributed by atoms with Crippen LogP contribution in [0.4, 0.5) is 0 Å². The molecule has 7 heteroatoms. The molecule has 1 aliphatic carbocycles. The highest BCUT2D eigenvalue weighted by Gasteiger charge is 2.35. The zero-order valence-electron chi connectivity index (χ0n) is 10.1. The molecule has 1 amide bonds. The zero-order valence-corrected chi connectivity index (χ0v) is 10.1. The number of phenolic OH excluding ortho intramolecular Hbond substituents is 2. The first-order valence-electron chi connectivity index (χ1n) is 5.82. The maximum absolute atomic E-state index is 12.0. The van der Waals surface area contributed by atoms with Crippen molar-refractivity contribution in [2.45, 2.75) is 18.9 Å². The normalized spacial score (nSPS) is 16.9. The lowest BCUT2D eigenvalue weighted by atomic mass is 10.1. The average molecular weight is 265 g/mol. The Balaban J connectivity index is 2.15. The van der Waals surface area contributed by atoms with Gasteiger partial charge < -0.3 is 26.5 Å². The molecule has 1 aliphatic rings. The molecule has 0 spiro atoms. The van der Waals surface area contributed by atoms with Gasteiger partial charge in [-0.3, -0.25) is 4.79 Å². The second-order valence-corrected chi connectivity index (χ2v) is 4.55. The number of carbonyl (C=O) groups is 1. The van der Waals surface area contributed by atoms with E-state index in [2.05, 4.69) is 10.5 Å². The van der Waals surface area contributed by atoms with Gasteiger partial charge >= 0.3 is 0 Å². The molecule has 1 atom stereocenters. The number of amides is 1. The van der Waals surface area contributed by atoms with Crippen molar-refractivity contribution in [2.75, 3.05) is 0 Å². The van der Waals surface area contributed by atoms with Crippen LogP contribution < -0.4 is 11.1 Å². The molecule has 6 N–H and O–H groups in total. The van der Waals surface area contributed by atoms with E-state index in [4.69, 9.17) is 10.9 Å². The van der Waals surface area contributed by atoms with E-state index in [1.165, 1.54) is 12.1 Å². The Hall–Kier alpha value is -2.44. The van der Waals surface area contributed by atoms with Crippen LogP contribution >= 0.6 is 0 Å². The number of rotatable bonds is 4. The van der Waals surface area contributed by atoms with Crippen LogP contribution in [-0.4, -0.2) is 33.2 Å². The van der Waals surface area contributed by atoms with Crippen molar-refractivity contribution in [2.24, 2.45) is 16.8 Å². The SMILES string of the molecule is N/C(=N/O)C(NC(=O)c1cc(O)cc(O)c1)C1CC1. The van der Waals surface area contributed by atoms with E-state index >= 15 is 0 Å². The molecule has 1 fully saturated rings. The van der Waals surface area contributed by atoms with Crippen LogP contribution in [0.5, 0.6) is 11.5 Å². The average Bonchev–Trinajstić information content (AvgIpc) is 3.17. The molecule has 1 aromatic carbocycles. The summed E-state index contributed by atoms with van der Waals surface area (Å²) in [6, 6.07) is 3.04. The highest BCUT2D eigenvalue weighted by molar-refractivity contribution is 5.99. The van der Waals surface area contributed by atoms with E-state index in [0.29, 0.717) is 0 Å². The predicted octanol–water partition coefficient (Wildman–Crippen LogP) is 0.353. The molecule has 1 aromatic rings. The number of nitrogens with one attached hydrogen (secondary N) is 1. The predicted molar refractivity (Wildman–Crippen MR) is 67.2 cm³/mol. The summed E-state index contributed by atoms with van der Waals surface area (Å²) in [6.07, 6.45) is 1.79. The van der Waals surface area contributed by atoms with E-state index in [-0.39, 0.29) is 28.8 Å². The summed E-state index contributed by atoms with van der Waals surface area (Å²) in [5.74, 6) is -0.825. The fourth-order valence-electron chi connectivity index (χ4n) is 1.88. The first-order chi connectivity index (χ1) is 9.01. The summed E-state index contributed by atoms with van der Waals surface area (Å²) in [4.78, 5) is 12.0. The standard InChI is InChI=1S/C12H15N3O4/c13-11(15-19)10(6-1-2-6)14-12(18)7-3-8(16)5-9(17)4-7/h3-6,10,16-17,19H,1-2H2,(H2,13,15)(H,14,18). The number of carbonyl (C=O) groups excluding carboxylic acids is 1. The third-order valence-electron chi connectivity index (χ3n) is 2.98. The molecular weight excluding hydrogens is 250 g/mol. The van der Waals surface area contributed by atoms with Gasteiger partial charge in [-0.1, -0.05) is 5.16 Å². The van der Waals surface area contributed by atoms with Crippen molar-refractivity contribution >= 4 is 11.7 Å². The molecule has 2 rings (SSSR count). The summed E-state index contributed by atoms with van der Waals surface area (Å²) >= 11 is 0. The van der Waals surface area contributed by atoms with Gasteiger partial charge in [0.25, 0.3) is 5.91 Å². The molecule has 7 nitrogen and oxygen atoms in total. The van der Waals surface area contributed by atoms with Crippen LogP contribution in [0.15, 0.2) is 23.4 Å². The van der Waals surface area contributed by atoms with Gasteiger partial charge in [-0.2, -0.15) is 0 Å².